The quantitative estimate of drug-likeness (QED) is 0.713. The molecule has 0 unspecified atom stereocenters. The molecule has 3 aromatic rings. The molecule has 0 spiro atoms. The van der Waals surface area contributed by atoms with E-state index in [1.165, 1.54) is 24.5 Å². The van der Waals surface area contributed by atoms with E-state index >= 15 is 0 Å². The molecule has 1 amide bonds. The van der Waals surface area contributed by atoms with E-state index in [9.17, 15) is 9.59 Å². The second-order valence-electron chi connectivity index (χ2n) is 6.17. The lowest BCUT2D eigenvalue weighted by Gasteiger charge is -2.36. The van der Waals surface area contributed by atoms with Crippen LogP contribution in [0.4, 0.5) is 11.4 Å². The van der Waals surface area contributed by atoms with Crippen LogP contribution in [0.1, 0.15) is 27.2 Å². The highest BCUT2D eigenvalue weighted by Crippen LogP contribution is 2.39. The van der Waals surface area contributed by atoms with Crippen molar-refractivity contribution >= 4 is 44.6 Å². The number of amides is 1. The van der Waals surface area contributed by atoms with Crippen molar-refractivity contribution in [1.82, 2.24) is 9.88 Å². The van der Waals surface area contributed by atoms with Gasteiger partial charge in [0, 0.05) is 39.3 Å². The van der Waals surface area contributed by atoms with Gasteiger partial charge in [-0.2, -0.15) is 0 Å². The predicted molar refractivity (Wildman–Crippen MR) is 101 cm³/mol. The third kappa shape index (κ3) is 2.72. The van der Waals surface area contributed by atoms with Crippen LogP contribution in [0.25, 0.3) is 10.2 Å². The van der Waals surface area contributed by atoms with Gasteiger partial charge in [0.25, 0.3) is 5.91 Å². The average Bonchev–Trinajstić information content (AvgIpc) is 3.30. The van der Waals surface area contributed by atoms with Gasteiger partial charge in [0.15, 0.2) is 11.5 Å². The third-order valence-corrected chi connectivity index (χ3v) is 5.78. The largest absolute Gasteiger partial charge is 0.459 e. The molecule has 1 saturated heterocycles. The molecule has 0 radical (unpaired) electrons. The zero-order valence-corrected chi connectivity index (χ0v) is 15.1. The zero-order chi connectivity index (χ0) is 18.3. The Balaban J connectivity index is 1.58. The molecular weight excluding hydrogens is 352 g/mol. The summed E-state index contributed by atoms with van der Waals surface area (Å²) in [5.41, 5.74) is 7.69. The fourth-order valence-electron chi connectivity index (χ4n) is 3.26. The number of furan rings is 1. The predicted octanol–water partition coefficient (Wildman–Crippen LogP) is 2.64. The number of aromatic nitrogens is 1. The fraction of sp³-hybridized carbons (Fsp3) is 0.278. The first kappa shape index (κ1) is 16.6. The number of hydrogen-bond donors (Lipinski definition) is 1. The fourth-order valence-corrected chi connectivity index (χ4v) is 4.24. The van der Waals surface area contributed by atoms with Gasteiger partial charge < -0.3 is 20.0 Å². The standard InChI is InChI=1S/C18H18N4O3S/c1-11(23)16-15(19)14-12(4-5-20-17(14)26-16)21-6-8-22(9-7-21)18(24)13-3-2-10-25-13/h2-5,10H,6-9,19H2,1H3. The maximum absolute atomic E-state index is 12.4. The van der Waals surface area contributed by atoms with E-state index in [4.69, 9.17) is 10.2 Å². The van der Waals surface area contributed by atoms with Gasteiger partial charge in [-0.05, 0) is 18.2 Å². The Kier molecular flexibility index (Phi) is 4.12. The van der Waals surface area contributed by atoms with Gasteiger partial charge in [-0.3, -0.25) is 9.59 Å². The second-order valence-corrected chi connectivity index (χ2v) is 7.17. The van der Waals surface area contributed by atoms with Crippen molar-refractivity contribution in [3.8, 4) is 0 Å². The van der Waals surface area contributed by atoms with Crippen LogP contribution in [-0.4, -0.2) is 47.8 Å². The van der Waals surface area contributed by atoms with E-state index in [0.29, 0.717) is 42.5 Å². The Morgan fingerprint density at radius 2 is 2.00 bits per heavy atom. The van der Waals surface area contributed by atoms with E-state index in [1.54, 1.807) is 23.2 Å². The van der Waals surface area contributed by atoms with Crippen LogP contribution in [0.15, 0.2) is 35.1 Å². The van der Waals surface area contributed by atoms with Crippen molar-refractivity contribution in [1.29, 1.82) is 0 Å². The number of nitrogen functional groups attached to an aromatic ring is 1. The van der Waals surface area contributed by atoms with Crippen LogP contribution in [0.5, 0.6) is 0 Å². The minimum Gasteiger partial charge on any atom is -0.459 e. The summed E-state index contributed by atoms with van der Waals surface area (Å²) in [6, 6.07) is 5.30. The average molecular weight is 370 g/mol. The molecule has 0 saturated carbocycles. The molecule has 2 N–H and O–H groups in total. The molecule has 8 heteroatoms. The first-order valence-electron chi connectivity index (χ1n) is 8.32. The minimum absolute atomic E-state index is 0.0506. The molecule has 26 heavy (non-hydrogen) atoms. The number of carbonyl (C=O) groups excluding carboxylic acids is 2. The number of fused-ring (bicyclic) bond motifs is 1. The summed E-state index contributed by atoms with van der Waals surface area (Å²) in [7, 11) is 0. The number of pyridine rings is 1. The van der Waals surface area contributed by atoms with Crippen molar-refractivity contribution < 1.29 is 14.0 Å². The number of nitrogens with zero attached hydrogens (tertiary/aromatic N) is 3. The van der Waals surface area contributed by atoms with Crippen LogP contribution in [0.2, 0.25) is 0 Å². The topological polar surface area (TPSA) is 92.7 Å². The summed E-state index contributed by atoms with van der Waals surface area (Å²) >= 11 is 1.32. The van der Waals surface area contributed by atoms with Crippen molar-refractivity contribution in [3.63, 3.8) is 0 Å². The maximum atomic E-state index is 12.4. The summed E-state index contributed by atoms with van der Waals surface area (Å²) in [4.78, 5) is 33.8. The summed E-state index contributed by atoms with van der Waals surface area (Å²) < 4.78 is 5.20. The van der Waals surface area contributed by atoms with Gasteiger partial charge >= 0.3 is 0 Å². The van der Waals surface area contributed by atoms with Crippen molar-refractivity contribution in [3.05, 3.63) is 41.3 Å². The number of piperazine rings is 1. The maximum Gasteiger partial charge on any atom is 0.289 e. The van der Waals surface area contributed by atoms with E-state index in [2.05, 4.69) is 9.88 Å². The van der Waals surface area contributed by atoms with Crippen molar-refractivity contribution in [2.45, 2.75) is 6.92 Å². The zero-order valence-electron chi connectivity index (χ0n) is 14.3. The lowest BCUT2D eigenvalue weighted by molar-refractivity contribution is 0.0714. The summed E-state index contributed by atoms with van der Waals surface area (Å²) in [5.74, 6) is 0.215. The van der Waals surface area contributed by atoms with Crippen LogP contribution < -0.4 is 10.6 Å². The van der Waals surface area contributed by atoms with Gasteiger partial charge in [0.2, 0.25) is 0 Å². The van der Waals surface area contributed by atoms with Crippen molar-refractivity contribution in [2.24, 2.45) is 0 Å². The smallest absolute Gasteiger partial charge is 0.289 e. The van der Waals surface area contributed by atoms with E-state index in [1.807, 2.05) is 6.07 Å². The molecule has 7 nitrogen and oxygen atoms in total. The van der Waals surface area contributed by atoms with Gasteiger partial charge in [-0.25, -0.2) is 4.98 Å². The molecule has 0 bridgehead atoms. The highest BCUT2D eigenvalue weighted by molar-refractivity contribution is 7.21. The van der Waals surface area contributed by atoms with Crippen LogP contribution in [0.3, 0.4) is 0 Å². The number of anilines is 2. The van der Waals surface area contributed by atoms with E-state index in [0.717, 1.165) is 15.9 Å². The van der Waals surface area contributed by atoms with Gasteiger partial charge in [0.1, 0.15) is 4.83 Å². The molecule has 0 aromatic carbocycles. The third-order valence-electron chi connectivity index (χ3n) is 4.57. The number of Topliss-reactive ketones (excluding diaryl/α,β-unsaturated/α-hetero) is 1. The number of ketones is 1. The minimum atomic E-state index is -0.0940. The highest BCUT2D eigenvalue weighted by atomic mass is 32.1. The number of hydrogen-bond acceptors (Lipinski definition) is 7. The first-order chi connectivity index (χ1) is 12.6. The summed E-state index contributed by atoms with van der Waals surface area (Å²) in [5, 5.41) is 0.827. The molecule has 4 heterocycles. The lowest BCUT2D eigenvalue weighted by Crippen LogP contribution is -2.48. The molecule has 134 valence electrons. The molecule has 0 aliphatic carbocycles. The Bertz CT molecular complexity index is 972. The van der Waals surface area contributed by atoms with E-state index < -0.39 is 0 Å². The molecule has 1 aliphatic rings. The monoisotopic (exact) mass is 370 g/mol. The lowest BCUT2D eigenvalue weighted by atomic mass is 10.1. The Morgan fingerprint density at radius 1 is 1.23 bits per heavy atom. The Hall–Kier alpha value is -2.87. The molecule has 1 aliphatic heterocycles. The van der Waals surface area contributed by atoms with Gasteiger partial charge in [-0.1, -0.05) is 0 Å². The first-order valence-corrected chi connectivity index (χ1v) is 9.13. The van der Waals surface area contributed by atoms with Gasteiger partial charge in [-0.15, -0.1) is 11.3 Å². The molecule has 1 fully saturated rings. The van der Waals surface area contributed by atoms with Gasteiger partial charge in [0.05, 0.1) is 27.9 Å². The van der Waals surface area contributed by atoms with E-state index in [-0.39, 0.29) is 11.7 Å². The Labute approximate surface area is 154 Å². The SMILES string of the molecule is CC(=O)c1sc2nccc(N3CCN(C(=O)c4ccco4)CC3)c2c1N. The normalized spacial score (nSPS) is 14.8. The van der Waals surface area contributed by atoms with Crippen LogP contribution in [-0.2, 0) is 0 Å². The highest BCUT2D eigenvalue weighted by Gasteiger charge is 2.26. The number of rotatable bonds is 3. The molecule has 0 atom stereocenters. The summed E-state index contributed by atoms with van der Waals surface area (Å²) in [6.45, 7) is 4.05. The number of carbonyl (C=O) groups is 2. The number of nitrogens with two attached hydrogens (primary N) is 1. The molecular formula is C18H18N4O3S. The summed E-state index contributed by atoms with van der Waals surface area (Å²) in [6.07, 6.45) is 3.24. The number of thiophene rings is 1. The van der Waals surface area contributed by atoms with Crippen molar-refractivity contribution in [2.75, 3.05) is 36.8 Å². The van der Waals surface area contributed by atoms with Crippen LogP contribution in [0, 0.1) is 0 Å². The molecule has 3 aromatic heterocycles. The Morgan fingerprint density at radius 3 is 2.65 bits per heavy atom. The van der Waals surface area contributed by atoms with Crippen LogP contribution >= 0.6 is 11.3 Å². The molecule has 4 rings (SSSR count). The second kappa shape index (κ2) is 6.45.